The number of phenols is 1. The number of carbonyl (C=O) groups is 1. The number of carboxylic acids is 1. The summed E-state index contributed by atoms with van der Waals surface area (Å²) in [5, 5.41) is 23.0. The third kappa shape index (κ3) is 2.12. The molecule has 2 N–H and O–H groups in total. The molecule has 19 heavy (non-hydrogen) atoms. The standard InChI is InChI=1S/C13H14N2O4/c1-7-4-5-8(11(16)12(7)19-3)10-6-9(13(17)18)14-15(10)2/h4-6,16H,1-3H3,(H,17,18). The Bertz CT molecular complexity index is 646. The summed E-state index contributed by atoms with van der Waals surface area (Å²) in [7, 11) is 3.09. The number of methoxy groups -OCH3 is 1. The number of ether oxygens (including phenoxy) is 1. The van der Waals surface area contributed by atoms with Gasteiger partial charge in [0.25, 0.3) is 0 Å². The van der Waals surface area contributed by atoms with Gasteiger partial charge in [-0.15, -0.1) is 0 Å². The summed E-state index contributed by atoms with van der Waals surface area (Å²) >= 11 is 0. The maximum atomic E-state index is 10.9. The number of hydrogen-bond donors (Lipinski definition) is 2. The highest BCUT2D eigenvalue weighted by Gasteiger charge is 2.18. The second-order valence-electron chi connectivity index (χ2n) is 4.16. The molecule has 6 heteroatoms. The lowest BCUT2D eigenvalue weighted by molar-refractivity contribution is 0.0689. The van der Waals surface area contributed by atoms with Gasteiger partial charge in [-0.3, -0.25) is 4.68 Å². The topological polar surface area (TPSA) is 84.6 Å². The van der Waals surface area contributed by atoms with Crippen molar-refractivity contribution in [2.45, 2.75) is 6.92 Å². The maximum absolute atomic E-state index is 10.9. The molecule has 1 aromatic heterocycles. The Hall–Kier alpha value is -2.50. The number of nitrogens with zero attached hydrogens (tertiary/aromatic N) is 2. The fourth-order valence-corrected chi connectivity index (χ4v) is 1.96. The fraction of sp³-hybridized carbons (Fsp3) is 0.231. The molecule has 2 aromatic rings. The summed E-state index contributed by atoms with van der Waals surface area (Å²) in [4.78, 5) is 10.9. The number of benzene rings is 1. The molecule has 0 amide bonds. The zero-order valence-corrected chi connectivity index (χ0v) is 10.8. The summed E-state index contributed by atoms with van der Waals surface area (Å²) in [6.07, 6.45) is 0. The molecule has 0 bridgehead atoms. The molecule has 1 heterocycles. The van der Waals surface area contributed by atoms with Gasteiger partial charge in [0.2, 0.25) is 0 Å². The van der Waals surface area contributed by atoms with Gasteiger partial charge in [0, 0.05) is 12.6 Å². The molecule has 0 saturated heterocycles. The predicted octanol–water partition coefficient (Wildman–Crippen LogP) is 1.81. The SMILES string of the molecule is COc1c(C)ccc(-c2cc(C(=O)O)nn2C)c1O. The van der Waals surface area contributed by atoms with Crippen LogP contribution >= 0.6 is 0 Å². The van der Waals surface area contributed by atoms with Crippen LogP contribution in [-0.2, 0) is 7.05 Å². The summed E-state index contributed by atoms with van der Waals surface area (Å²) in [5.41, 5.74) is 1.71. The van der Waals surface area contributed by atoms with E-state index in [1.54, 1.807) is 19.2 Å². The number of phenolic OH excluding ortho intramolecular Hbond substituents is 1. The van der Waals surface area contributed by atoms with Crippen molar-refractivity contribution in [3.63, 3.8) is 0 Å². The third-order valence-corrected chi connectivity index (χ3v) is 2.91. The molecule has 6 nitrogen and oxygen atoms in total. The molecule has 0 fully saturated rings. The van der Waals surface area contributed by atoms with Crippen molar-refractivity contribution >= 4 is 5.97 Å². The van der Waals surface area contributed by atoms with Crippen molar-refractivity contribution in [2.24, 2.45) is 7.05 Å². The van der Waals surface area contributed by atoms with Crippen LogP contribution in [0, 0.1) is 6.92 Å². The van der Waals surface area contributed by atoms with Crippen LogP contribution < -0.4 is 4.74 Å². The van der Waals surface area contributed by atoms with Crippen molar-refractivity contribution in [2.75, 3.05) is 7.11 Å². The monoisotopic (exact) mass is 262 g/mol. The van der Waals surface area contributed by atoms with Crippen LogP contribution in [0.4, 0.5) is 0 Å². The molecule has 100 valence electrons. The van der Waals surface area contributed by atoms with Crippen molar-refractivity contribution in [3.05, 3.63) is 29.5 Å². The largest absolute Gasteiger partial charge is 0.504 e. The smallest absolute Gasteiger partial charge is 0.356 e. The van der Waals surface area contributed by atoms with Crippen LogP contribution in [0.2, 0.25) is 0 Å². The number of aromatic hydroxyl groups is 1. The van der Waals surface area contributed by atoms with Crippen molar-refractivity contribution in [3.8, 4) is 22.8 Å². The van der Waals surface area contributed by atoms with Gasteiger partial charge in [-0.25, -0.2) is 4.79 Å². The van der Waals surface area contributed by atoms with E-state index in [0.717, 1.165) is 5.56 Å². The van der Waals surface area contributed by atoms with E-state index in [-0.39, 0.29) is 11.4 Å². The van der Waals surface area contributed by atoms with E-state index < -0.39 is 5.97 Å². The number of hydrogen-bond acceptors (Lipinski definition) is 4. The Balaban J connectivity index is 2.62. The Morgan fingerprint density at radius 3 is 2.63 bits per heavy atom. The summed E-state index contributed by atoms with van der Waals surface area (Å²) in [6, 6.07) is 4.91. The zero-order valence-electron chi connectivity index (χ0n) is 10.8. The molecule has 0 aliphatic carbocycles. The van der Waals surface area contributed by atoms with Crippen molar-refractivity contribution < 1.29 is 19.7 Å². The number of aryl methyl sites for hydroxylation is 2. The first-order chi connectivity index (χ1) is 8.95. The van der Waals surface area contributed by atoms with E-state index in [0.29, 0.717) is 17.0 Å². The summed E-state index contributed by atoms with van der Waals surface area (Å²) in [6.45, 7) is 1.81. The van der Waals surface area contributed by atoms with Gasteiger partial charge in [-0.05, 0) is 24.6 Å². The number of carboxylic acid groups (broad SMARTS) is 1. The van der Waals surface area contributed by atoms with Gasteiger partial charge in [0.1, 0.15) is 0 Å². The second kappa shape index (κ2) is 4.64. The quantitative estimate of drug-likeness (QED) is 0.881. The minimum Gasteiger partial charge on any atom is -0.504 e. The average molecular weight is 262 g/mol. The van der Waals surface area contributed by atoms with Gasteiger partial charge in [0.15, 0.2) is 17.2 Å². The van der Waals surface area contributed by atoms with E-state index in [1.807, 2.05) is 6.92 Å². The highest BCUT2D eigenvalue weighted by Crippen LogP contribution is 2.39. The van der Waals surface area contributed by atoms with E-state index in [2.05, 4.69) is 5.10 Å². The zero-order chi connectivity index (χ0) is 14.2. The molecule has 0 atom stereocenters. The van der Waals surface area contributed by atoms with Crippen LogP contribution in [0.1, 0.15) is 16.1 Å². The van der Waals surface area contributed by atoms with Crippen molar-refractivity contribution in [1.29, 1.82) is 0 Å². The molecule has 0 aliphatic heterocycles. The van der Waals surface area contributed by atoms with E-state index >= 15 is 0 Å². The third-order valence-electron chi connectivity index (χ3n) is 2.91. The number of aromatic nitrogens is 2. The fourth-order valence-electron chi connectivity index (χ4n) is 1.96. The molecule has 2 rings (SSSR count). The molecular weight excluding hydrogens is 248 g/mol. The normalized spacial score (nSPS) is 10.5. The Labute approximate surface area is 109 Å². The van der Waals surface area contributed by atoms with E-state index in [9.17, 15) is 9.90 Å². The van der Waals surface area contributed by atoms with Crippen LogP contribution in [0.15, 0.2) is 18.2 Å². The van der Waals surface area contributed by atoms with Gasteiger partial charge >= 0.3 is 5.97 Å². The van der Waals surface area contributed by atoms with Gasteiger partial charge in [-0.2, -0.15) is 5.10 Å². The molecular formula is C13H14N2O4. The van der Waals surface area contributed by atoms with Gasteiger partial charge < -0.3 is 14.9 Å². The lowest BCUT2D eigenvalue weighted by atomic mass is 10.1. The van der Waals surface area contributed by atoms with Crippen LogP contribution in [0.3, 0.4) is 0 Å². The number of aromatic carboxylic acids is 1. The van der Waals surface area contributed by atoms with Crippen LogP contribution in [-0.4, -0.2) is 33.1 Å². The van der Waals surface area contributed by atoms with Crippen LogP contribution in [0.25, 0.3) is 11.3 Å². The lowest BCUT2D eigenvalue weighted by Gasteiger charge is -2.11. The first-order valence-electron chi connectivity index (χ1n) is 5.60. The maximum Gasteiger partial charge on any atom is 0.356 e. The van der Waals surface area contributed by atoms with Crippen molar-refractivity contribution in [1.82, 2.24) is 9.78 Å². The first kappa shape index (κ1) is 12.9. The molecule has 1 aromatic carbocycles. The van der Waals surface area contributed by atoms with E-state index in [1.165, 1.54) is 17.9 Å². The van der Waals surface area contributed by atoms with Crippen LogP contribution in [0.5, 0.6) is 11.5 Å². The Morgan fingerprint density at radius 2 is 2.11 bits per heavy atom. The molecule has 0 unspecified atom stereocenters. The summed E-state index contributed by atoms with van der Waals surface area (Å²) in [5.74, 6) is -0.765. The lowest BCUT2D eigenvalue weighted by Crippen LogP contribution is -1.99. The van der Waals surface area contributed by atoms with Gasteiger partial charge in [-0.1, -0.05) is 6.07 Å². The summed E-state index contributed by atoms with van der Waals surface area (Å²) < 4.78 is 6.55. The highest BCUT2D eigenvalue weighted by atomic mass is 16.5. The molecule has 0 spiro atoms. The molecule has 0 saturated carbocycles. The number of rotatable bonds is 3. The molecule has 0 aliphatic rings. The van der Waals surface area contributed by atoms with E-state index in [4.69, 9.17) is 9.84 Å². The first-order valence-corrected chi connectivity index (χ1v) is 5.60. The minimum absolute atomic E-state index is 0.0255. The highest BCUT2D eigenvalue weighted by molar-refractivity contribution is 5.87. The minimum atomic E-state index is -1.11. The second-order valence-corrected chi connectivity index (χ2v) is 4.16. The predicted molar refractivity (Wildman–Crippen MR) is 68.6 cm³/mol. The van der Waals surface area contributed by atoms with Gasteiger partial charge in [0.05, 0.1) is 12.8 Å². The Morgan fingerprint density at radius 1 is 1.42 bits per heavy atom. The average Bonchev–Trinajstić information content (AvgIpc) is 2.72. The molecule has 0 radical (unpaired) electrons. The Kier molecular flexibility index (Phi) is 3.16.